The van der Waals surface area contributed by atoms with Crippen molar-refractivity contribution in [2.45, 2.75) is 38.0 Å². The van der Waals surface area contributed by atoms with Gasteiger partial charge in [-0.05, 0) is 54.2 Å². The molecule has 0 aliphatic heterocycles. The summed E-state index contributed by atoms with van der Waals surface area (Å²) in [5, 5.41) is 0.946. The Morgan fingerprint density at radius 1 is 1.19 bits per heavy atom. The molecule has 1 aromatic heterocycles. The summed E-state index contributed by atoms with van der Waals surface area (Å²) in [6.07, 6.45) is 2.34. The molecule has 3 aromatic rings. The summed E-state index contributed by atoms with van der Waals surface area (Å²) in [5.74, 6) is 1.51. The van der Waals surface area contributed by atoms with Crippen molar-refractivity contribution in [3.05, 3.63) is 58.3 Å². The number of aromatic nitrogens is 1. The number of anilines is 1. The highest BCUT2D eigenvalue weighted by Crippen LogP contribution is 2.50. The minimum atomic E-state index is -0.318. The number of methoxy groups -OCH3 is 1. The van der Waals surface area contributed by atoms with Gasteiger partial charge in [-0.15, -0.1) is 0 Å². The highest BCUT2D eigenvalue weighted by Gasteiger charge is 2.41. The molecule has 2 aromatic carbocycles. The third-order valence-corrected chi connectivity index (χ3v) is 5.98. The van der Waals surface area contributed by atoms with E-state index in [0.717, 1.165) is 39.0 Å². The number of ether oxygens (including phenoxy) is 1. The molecule has 132 valence electrons. The van der Waals surface area contributed by atoms with Crippen LogP contribution in [0.5, 0.6) is 5.75 Å². The second-order valence-corrected chi connectivity index (χ2v) is 8.05. The molecule has 4 heteroatoms. The number of hydrogen-bond donors (Lipinski definition) is 2. The number of fused-ring (bicyclic) bond motifs is 4. The molecular formula is C22H22N2O2. The molecule has 0 radical (unpaired) electrons. The van der Waals surface area contributed by atoms with Crippen molar-refractivity contribution in [1.82, 2.24) is 4.98 Å². The molecule has 26 heavy (non-hydrogen) atoms. The summed E-state index contributed by atoms with van der Waals surface area (Å²) in [6.45, 7) is 4.32. The van der Waals surface area contributed by atoms with Crippen LogP contribution >= 0.6 is 0 Å². The molecule has 4 nitrogen and oxygen atoms in total. The van der Waals surface area contributed by atoms with Crippen LogP contribution in [0, 0.1) is 0 Å². The van der Waals surface area contributed by atoms with Gasteiger partial charge in [0.1, 0.15) is 5.75 Å². The zero-order chi connectivity index (χ0) is 18.2. The highest BCUT2D eigenvalue weighted by molar-refractivity contribution is 6.20. The zero-order valence-electron chi connectivity index (χ0n) is 15.3. The van der Waals surface area contributed by atoms with E-state index in [2.05, 4.69) is 31.0 Å². The lowest BCUT2D eigenvalue weighted by Gasteiger charge is -2.33. The van der Waals surface area contributed by atoms with E-state index < -0.39 is 0 Å². The van der Waals surface area contributed by atoms with Crippen molar-refractivity contribution >= 4 is 22.4 Å². The predicted molar refractivity (Wildman–Crippen MR) is 103 cm³/mol. The Labute approximate surface area is 152 Å². The van der Waals surface area contributed by atoms with Crippen LogP contribution in [0.25, 0.3) is 10.9 Å². The third-order valence-electron chi connectivity index (χ3n) is 5.98. The van der Waals surface area contributed by atoms with Crippen LogP contribution in [0.15, 0.2) is 30.3 Å². The topological polar surface area (TPSA) is 68.1 Å². The standard InChI is InChI=1S/C22H22N2O2/c1-22(2)16-10-18(26-3)14(11-4-5-11)9-15(16)20(25)19-13-7-6-12(23)8-17(13)24-21(19)22/h6-11,24H,4-5,23H2,1-3H3. The van der Waals surface area contributed by atoms with E-state index in [1.165, 1.54) is 18.4 Å². The van der Waals surface area contributed by atoms with E-state index in [0.29, 0.717) is 11.6 Å². The van der Waals surface area contributed by atoms with Gasteiger partial charge in [-0.25, -0.2) is 0 Å². The predicted octanol–water partition coefficient (Wildman–Crippen LogP) is 4.51. The maximum Gasteiger partial charge on any atom is 0.195 e. The molecule has 0 atom stereocenters. The van der Waals surface area contributed by atoms with E-state index >= 15 is 0 Å². The fourth-order valence-electron chi connectivity index (χ4n) is 4.38. The molecule has 0 amide bonds. The fraction of sp³-hybridized carbons (Fsp3) is 0.318. The number of carbonyl (C=O) groups is 1. The van der Waals surface area contributed by atoms with Gasteiger partial charge in [0.25, 0.3) is 0 Å². The molecule has 5 rings (SSSR count). The molecule has 2 aliphatic rings. The average Bonchev–Trinajstić information content (AvgIpc) is 3.39. The number of nitrogens with two attached hydrogens (primary N) is 1. The van der Waals surface area contributed by atoms with E-state index in [1.54, 1.807) is 7.11 Å². The zero-order valence-corrected chi connectivity index (χ0v) is 15.3. The molecule has 0 saturated heterocycles. The van der Waals surface area contributed by atoms with Gasteiger partial charge in [-0.2, -0.15) is 0 Å². The van der Waals surface area contributed by atoms with Crippen molar-refractivity contribution < 1.29 is 9.53 Å². The molecule has 3 N–H and O–H groups in total. The summed E-state index contributed by atoms with van der Waals surface area (Å²) < 4.78 is 5.67. The lowest BCUT2D eigenvalue weighted by Crippen LogP contribution is -2.30. The minimum absolute atomic E-state index is 0.0925. The van der Waals surface area contributed by atoms with E-state index in [4.69, 9.17) is 10.5 Å². The summed E-state index contributed by atoms with van der Waals surface area (Å²) in [6, 6.07) is 9.86. The van der Waals surface area contributed by atoms with Crippen LogP contribution in [0.2, 0.25) is 0 Å². The Kier molecular flexibility index (Phi) is 2.93. The van der Waals surface area contributed by atoms with Crippen molar-refractivity contribution in [3.8, 4) is 5.75 Å². The molecule has 1 heterocycles. The maximum atomic E-state index is 13.5. The van der Waals surface area contributed by atoms with Crippen molar-refractivity contribution in [3.63, 3.8) is 0 Å². The van der Waals surface area contributed by atoms with Crippen LogP contribution in [0.4, 0.5) is 5.69 Å². The van der Waals surface area contributed by atoms with Gasteiger partial charge in [-0.1, -0.05) is 19.9 Å². The Morgan fingerprint density at radius 2 is 1.96 bits per heavy atom. The highest BCUT2D eigenvalue weighted by atomic mass is 16.5. The number of benzene rings is 2. The Balaban J connectivity index is 1.82. The van der Waals surface area contributed by atoms with E-state index in [1.807, 2.05) is 18.2 Å². The second kappa shape index (κ2) is 4.91. The normalized spacial score (nSPS) is 17.9. The Morgan fingerprint density at radius 3 is 2.65 bits per heavy atom. The quantitative estimate of drug-likeness (QED) is 0.671. The van der Waals surface area contributed by atoms with Gasteiger partial charge in [-0.3, -0.25) is 4.79 Å². The lowest BCUT2D eigenvalue weighted by atomic mass is 9.70. The van der Waals surface area contributed by atoms with Crippen LogP contribution < -0.4 is 10.5 Å². The number of hydrogen-bond acceptors (Lipinski definition) is 3. The van der Waals surface area contributed by atoms with Crippen LogP contribution in [0.3, 0.4) is 0 Å². The monoisotopic (exact) mass is 346 g/mol. The average molecular weight is 346 g/mol. The van der Waals surface area contributed by atoms with Crippen LogP contribution in [-0.4, -0.2) is 17.9 Å². The van der Waals surface area contributed by atoms with Crippen molar-refractivity contribution in [2.75, 3.05) is 12.8 Å². The van der Waals surface area contributed by atoms with Crippen molar-refractivity contribution in [2.24, 2.45) is 0 Å². The summed E-state index contributed by atoms with van der Waals surface area (Å²) in [4.78, 5) is 16.9. The first kappa shape index (κ1) is 15.5. The minimum Gasteiger partial charge on any atom is -0.496 e. The van der Waals surface area contributed by atoms with E-state index in [-0.39, 0.29) is 11.2 Å². The third kappa shape index (κ3) is 1.93. The van der Waals surface area contributed by atoms with Gasteiger partial charge >= 0.3 is 0 Å². The van der Waals surface area contributed by atoms with Gasteiger partial charge in [0, 0.05) is 33.3 Å². The van der Waals surface area contributed by atoms with E-state index in [9.17, 15) is 4.79 Å². The first-order valence-corrected chi connectivity index (χ1v) is 9.10. The number of ketones is 1. The second-order valence-electron chi connectivity index (χ2n) is 8.05. The first-order chi connectivity index (χ1) is 12.4. The van der Waals surface area contributed by atoms with Gasteiger partial charge in [0.05, 0.1) is 12.7 Å². The molecule has 1 saturated carbocycles. The number of H-pyrrole nitrogens is 1. The Bertz CT molecular complexity index is 1090. The van der Waals surface area contributed by atoms with Gasteiger partial charge < -0.3 is 15.5 Å². The SMILES string of the molecule is COc1cc2c(cc1C1CC1)C(=O)c1c([nH]c3cc(N)ccc13)C2(C)C. The first-order valence-electron chi connectivity index (χ1n) is 9.10. The summed E-state index contributed by atoms with van der Waals surface area (Å²) >= 11 is 0. The Hall–Kier alpha value is -2.75. The number of rotatable bonds is 2. The maximum absolute atomic E-state index is 13.5. The molecule has 1 fully saturated rings. The largest absolute Gasteiger partial charge is 0.496 e. The lowest BCUT2D eigenvalue weighted by molar-refractivity contribution is 0.103. The smallest absolute Gasteiger partial charge is 0.195 e. The van der Waals surface area contributed by atoms with Crippen LogP contribution in [-0.2, 0) is 5.41 Å². The molecule has 0 bridgehead atoms. The number of nitrogens with one attached hydrogen (secondary N) is 1. The summed E-state index contributed by atoms with van der Waals surface area (Å²) in [5.41, 5.74) is 12.0. The van der Waals surface area contributed by atoms with Gasteiger partial charge in [0.15, 0.2) is 5.78 Å². The van der Waals surface area contributed by atoms with Crippen LogP contribution in [0.1, 0.15) is 65.3 Å². The van der Waals surface area contributed by atoms with Crippen molar-refractivity contribution in [1.29, 1.82) is 0 Å². The number of carbonyl (C=O) groups excluding carboxylic acids is 1. The molecule has 0 unspecified atom stereocenters. The number of nitrogen functional groups attached to an aromatic ring is 1. The van der Waals surface area contributed by atoms with Gasteiger partial charge in [0.2, 0.25) is 0 Å². The molecular weight excluding hydrogens is 324 g/mol. The fourth-order valence-corrected chi connectivity index (χ4v) is 4.38. The summed E-state index contributed by atoms with van der Waals surface area (Å²) in [7, 11) is 1.71. The molecule has 2 aliphatic carbocycles. The molecule has 0 spiro atoms. The number of aromatic amines is 1.